The quantitative estimate of drug-likeness (QED) is 0.677. The summed E-state index contributed by atoms with van der Waals surface area (Å²) in [7, 11) is -4.22. The van der Waals surface area contributed by atoms with Gasteiger partial charge >= 0.3 is 5.97 Å². The highest BCUT2D eigenvalue weighted by molar-refractivity contribution is 7.85. The number of hydrogen-bond donors (Lipinski definition) is 1. The van der Waals surface area contributed by atoms with Crippen LogP contribution in [0.25, 0.3) is 0 Å². The van der Waals surface area contributed by atoms with E-state index in [0.29, 0.717) is 12.5 Å². The standard InChI is InChI=1S/C13H16O5S/c14-13(18-9-10-3-1-2-4-10)11-5-7-12(8-6-11)19(15,16)17/h5-8,10H,1-4,9H2,(H,15,16,17). The molecule has 1 aromatic carbocycles. The lowest BCUT2D eigenvalue weighted by Gasteiger charge is -2.10. The van der Waals surface area contributed by atoms with Gasteiger partial charge in [-0.1, -0.05) is 12.8 Å². The van der Waals surface area contributed by atoms with Crippen LogP contribution in [0.2, 0.25) is 0 Å². The first-order valence-electron chi connectivity index (χ1n) is 6.21. The van der Waals surface area contributed by atoms with Gasteiger partial charge in [0.2, 0.25) is 0 Å². The molecule has 0 radical (unpaired) electrons. The van der Waals surface area contributed by atoms with Crippen molar-refractivity contribution >= 4 is 16.1 Å². The summed E-state index contributed by atoms with van der Waals surface area (Å²) in [4.78, 5) is 11.5. The summed E-state index contributed by atoms with van der Waals surface area (Å²) in [5.41, 5.74) is 0.283. The molecule has 0 atom stereocenters. The number of ether oxygens (including phenoxy) is 1. The van der Waals surface area contributed by atoms with Crippen LogP contribution in [0.5, 0.6) is 0 Å². The predicted octanol–water partition coefficient (Wildman–Crippen LogP) is 2.28. The third-order valence-corrected chi connectivity index (χ3v) is 4.18. The molecule has 1 aliphatic rings. The van der Waals surface area contributed by atoms with Gasteiger partial charge in [-0.05, 0) is 43.0 Å². The highest BCUT2D eigenvalue weighted by Gasteiger charge is 2.18. The van der Waals surface area contributed by atoms with Gasteiger partial charge in [0.1, 0.15) is 0 Å². The van der Waals surface area contributed by atoms with Gasteiger partial charge in [0.15, 0.2) is 0 Å². The zero-order valence-corrected chi connectivity index (χ0v) is 11.2. The Balaban J connectivity index is 1.95. The van der Waals surface area contributed by atoms with Crippen molar-refractivity contribution in [1.29, 1.82) is 0 Å². The molecule has 0 aliphatic heterocycles. The molecule has 0 unspecified atom stereocenters. The maximum Gasteiger partial charge on any atom is 0.338 e. The smallest absolute Gasteiger partial charge is 0.338 e. The van der Waals surface area contributed by atoms with Crippen molar-refractivity contribution in [3.63, 3.8) is 0 Å². The zero-order chi connectivity index (χ0) is 13.9. The third-order valence-electron chi connectivity index (χ3n) is 3.31. The molecule has 1 aliphatic carbocycles. The molecule has 0 amide bonds. The summed E-state index contributed by atoms with van der Waals surface area (Å²) in [5.74, 6) is -0.0187. The molecule has 19 heavy (non-hydrogen) atoms. The topological polar surface area (TPSA) is 80.7 Å². The minimum Gasteiger partial charge on any atom is -0.462 e. The lowest BCUT2D eigenvalue weighted by molar-refractivity contribution is 0.0442. The van der Waals surface area contributed by atoms with Crippen LogP contribution in [0.3, 0.4) is 0 Å². The number of rotatable bonds is 4. The van der Waals surface area contributed by atoms with E-state index in [4.69, 9.17) is 9.29 Å². The summed E-state index contributed by atoms with van der Waals surface area (Å²) in [5, 5.41) is 0. The van der Waals surface area contributed by atoms with Crippen LogP contribution in [0.1, 0.15) is 36.0 Å². The van der Waals surface area contributed by atoms with Gasteiger partial charge in [0, 0.05) is 0 Å². The maximum atomic E-state index is 11.7. The molecule has 0 spiro atoms. The van der Waals surface area contributed by atoms with E-state index in [2.05, 4.69) is 0 Å². The maximum absolute atomic E-state index is 11.7. The molecule has 0 bridgehead atoms. The van der Waals surface area contributed by atoms with Crippen molar-refractivity contribution in [2.45, 2.75) is 30.6 Å². The average molecular weight is 284 g/mol. The molecule has 0 saturated heterocycles. The van der Waals surface area contributed by atoms with Gasteiger partial charge in [0.05, 0.1) is 17.1 Å². The first kappa shape index (κ1) is 14.0. The van der Waals surface area contributed by atoms with Gasteiger partial charge < -0.3 is 4.74 Å². The first-order valence-corrected chi connectivity index (χ1v) is 7.65. The van der Waals surface area contributed by atoms with E-state index in [-0.39, 0.29) is 10.5 Å². The summed E-state index contributed by atoms with van der Waals surface area (Å²) in [6.07, 6.45) is 4.56. The molecule has 1 saturated carbocycles. The molecule has 104 valence electrons. The Hall–Kier alpha value is -1.40. The van der Waals surface area contributed by atoms with Crippen LogP contribution in [-0.2, 0) is 14.9 Å². The number of carbonyl (C=O) groups excluding carboxylic acids is 1. The monoisotopic (exact) mass is 284 g/mol. The summed E-state index contributed by atoms with van der Waals surface area (Å²) in [6, 6.07) is 5.03. The van der Waals surface area contributed by atoms with Crippen molar-refractivity contribution in [3.8, 4) is 0 Å². The molecule has 5 nitrogen and oxygen atoms in total. The lowest BCUT2D eigenvalue weighted by atomic mass is 10.1. The van der Waals surface area contributed by atoms with Crippen LogP contribution < -0.4 is 0 Å². The molecule has 0 heterocycles. The van der Waals surface area contributed by atoms with Crippen molar-refractivity contribution in [2.75, 3.05) is 6.61 Å². The fourth-order valence-electron chi connectivity index (χ4n) is 2.22. The van der Waals surface area contributed by atoms with Crippen molar-refractivity contribution in [3.05, 3.63) is 29.8 Å². The van der Waals surface area contributed by atoms with Crippen molar-refractivity contribution in [1.82, 2.24) is 0 Å². The molecule has 1 N–H and O–H groups in total. The first-order chi connectivity index (χ1) is 8.97. The molecule has 0 aromatic heterocycles. The molecule has 6 heteroatoms. The van der Waals surface area contributed by atoms with Crippen LogP contribution >= 0.6 is 0 Å². The second-order valence-corrected chi connectivity index (χ2v) is 6.17. The van der Waals surface area contributed by atoms with Crippen molar-refractivity contribution in [2.24, 2.45) is 5.92 Å². The second-order valence-electron chi connectivity index (χ2n) is 4.75. The molecular formula is C13H16O5S. The number of esters is 1. The van der Waals surface area contributed by atoms with Crippen LogP contribution in [0, 0.1) is 5.92 Å². The van der Waals surface area contributed by atoms with E-state index in [1.807, 2.05) is 0 Å². The number of hydrogen-bond acceptors (Lipinski definition) is 4. The lowest BCUT2D eigenvalue weighted by Crippen LogP contribution is -2.12. The SMILES string of the molecule is O=C(OCC1CCCC1)c1ccc(S(=O)(=O)O)cc1. The van der Waals surface area contributed by atoms with Gasteiger partial charge in [-0.3, -0.25) is 4.55 Å². The van der Waals surface area contributed by atoms with E-state index >= 15 is 0 Å². The summed E-state index contributed by atoms with van der Waals surface area (Å²) < 4.78 is 35.7. The predicted molar refractivity (Wildman–Crippen MR) is 68.5 cm³/mol. The van der Waals surface area contributed by atoms with E-state index in [1.165, 1.54) is 37.1 Å². The Labute approximate surface area is 112 Å². The third kappa shape index (κ3) is 3.78. The summed E-state index contributed by atoms with van der Waals surface area (Å²) in [6.45, 7) is 0.416. The van der Waals surface area contributed by atoms with E-state index < -0.39 is 16.1 Å². The molecular weight excluding hydrogens is 268 g/mol. The normalized spacial score (nSPS) is 16.5. The van der Waals surface area contributed by atoms with Crippen LogP contribution in [0.4, 0.5) is 0 Å². The fraction of sp³-hybridized carbons (Fsp3) is 0.462. The minimum atomic E-state index is -4.22. The van der Waals surface area contributed by atoms with Crippen molar-refractivity contribution < 1.29 is 22.5 Å². The average Bonchev–Trinajstić information content (AvgIpc) is 2.88. The highest BCUT2D eigenvalue weighted by Crippen LogP contribution is 2.25. The number of carbonyl (C=O) groups is 1. The molecule has 2 rings (SSSR count). The summed E-state index contributed by atoms with van der Waals surface area (Å²) >= 11 is 0. The van der Waals surface area contributed by atoms with E-state index in [0.717, 1.165) is 12.8 Å². The van der Waals surface area contributed by atoms with Gasteiger partial charge in [0.25, 0.3) is 10.1 Å². The molecule has 1 aromatic rings. The highest BCUT2D eigenvalue weighted by atomic mass is 32.2. The number of benzene rings is 1. The fourth-order valence-corrected chi connectivity index (χ4v) is 2.70. The Bertz CT molecular complexity index is 541. The van der Waals surface area contributed by atoms with E-state index in [9.17, 15) is 13.2 Å². The Kier molecular flexibility index (Phi) is 4.21. The second kappa shape index (κ2) is 5.71. The Morgan fingerprint density at radius 1 is 1.21 bits per heavy atom. The van der Waals surface area contributed by atoms with Gasteiger partial charge in [-0.25, -0.2) is 4.79 Å². The Morgan fingerprint density at radius 2 is 1.79 bits per heavy atom. The largest absolute Gasteiger partial charge is 0.462 e. The zero-order valence-electron chi connectivity index (χ0n) is 10.4. The van der Waals surface area contributed by atoms with Gasteiger partial charge in [-0.15, -0.1) is 0 Å². The van der Waals surface area contributed by atoms with Crippen LogP contribution in [0.15, 0.2) is 29.2 Å². The van der Waals surface area contributed by atoms with Crippen LogP contribution in [-0.4, -0.2) is 25.5 Å². The minimum absolute atomic E-state index is 0.236. The van der Waals surface area contributed by atoms with E-state index in [1.54, 1.807) is 0 Å². The Morgan fingerprint density at radius 3 is 2.32 bits per heavy atom. The molecule has 1 fully saturated rings. The van der Waals surface area contributed by atoms with Gasteiger partial charge in [-0.2, -0.15) is 8.42 Å².